The molecular weight excluding hydrogens is 180 g/mol. The van der Waals surface area contributed by atoms with Crippen LogP contribution in [0.4, 0.5) is 0 Å². The molecule has 0 aliphatic rings. The molecule has 1 heterocycles. The number of Topliss-reactive ketones (excluding diaryl/α,β-unsaturated/α-hetero) is 1. The van der Waals surface area contributed by atoms with Crippen LogP contribution in [0.1, 0.15) is 13.8 Å². The van der Waals surface area contributed by atoms with Gasteiger partial charge in [-0.25, -0.2) is 4.98 Å². The summed E-state index contributed by atoms with van der Waals surface area (Å²) >= 11 is 2.77. The number of aromatic nitrogens is 2. The van der Waals surface area contributed by atoms with Crippen molar-refractivity contribution < 1.29 is 4.79 Å². The van der Waals surface area contributed by atoms with Crippen LogP contribution in [0.2, 0.25) is 0 Å². The number of hydrogen-bond donors (Lipinski definition) is 0. The van der Waals surface area contributed by atoms with Crippen molar-refractivity contribution in [2.75, 3.05) is 0 Å². The van der Waals surface area contributed by atoms with Crippen LogP contribution in [0.15, 0.2) is 10.7 Å². The van der Waals surface area contributed by atoms with Gasteiger partial charge in [0.1, 0.15) is 12.1 Å². The van der Waals surface area contributed by atoms with E-state index >= 15 is 0 Å². The number of thioether (sulfide) groups is 1. The van der Waals surface area contributed by atoms with E-state index in [9.17, 15) is 4.79 Å². The van der Waals surface area contributed by atoms with Gasteiger partial charge in [0.2, 0.25) is 0 Å². The third-order valence-electron chi connectivity index (χ3n) is 1.19. The molecule has 3 nitrogen and oxygen atoms in total. The van der Waals surface area contributed by atoms with Gasteiger partial charge >= 0.3 is 0 Å². The summed E-state index contributed by atoms with van der Waals surface area (Å²) in [6.45, 7) is 3.45. The predicted molar refractivity (Wildman–Crippen MR) is 45.9 cm³/mol. The fourth-order valence-electron chi connectivity index (χ4n) is 0.449. The first kappa shape index (κ1) is 8.67. The highest BCUT2D eigenvalue weighted by Gasteiger charge is 2.10. The summed E-state index contributed by atoms with van der Waals surface area (Å²) in [6, 6.07) is 0. The Morgan fingerprint density at radius 2 is 2.55 bits per heavy atom. The smallest absolute Gasteiger partial charge is 0.170 e. The number of carbonyl (C=O) groups is 1. The highest BCUT2D eigenvalue weighted by molar-refractivity contribution is 8.02. The summed E-state index contributed by atoms with van der Waals surface area (Å²) in [7, 11) is 0. The number of carbonyl (C=O) groups excluding carboxylic acids is 1. The topological polar surface area (TPSA) is 42.9 Å². The van der Waals surface area contributed by atoms with Crippen LogP contribution in [0.3, 0.4) is 0 Å². The van der Waals surface area contributed by atoms with Crippen LogP contribution >= 0.6 is 23.3 Å². The minimum absolute atomic E-state index is 0.0112. The molecule has 1 aromatic rings. The van der Waals surface area contributed by atoms with Crippen molar-refractivity contribution in [2.24, 2.45) is 0 Å². The van der Waals surface area contributed by atoms with Crippen molar-refractivity contribution in [1.82, 2.24) is 9.36 Å². The normalized spacial score (nSPS) is 12.9. The fraction of sp³-hybridized carbons (Fsp3) is 0.500. The standard InChI is InChI=1S/C6H8N2OS2/c1-4(9)5(2)10-6-7-3-8-11-6/h3,5H,1-2H3. The van der Waals surface area contributed by atoms with E-state index in [1.165, 1.54) is 29.6 Å². The van der Waals surface area contributed by atoms with Gasteiger partial charge in [0.25, 0.3) is 0 Å². The van der Waals surface area contributed by atoms with Crippen molar-refractivity contribution in [3.05, 3.63) is 6.33 Å². The zero-order valence-electron chi connectivity index (χ0n) is 6.27. The summed E-state index contributed by atoms with van der Waals surface area (Å²) in [6.07, 6.45) is 1.50. The molecule has 1 atom stereocenters. The Labute approximate surface area is 73.4 Å². The molecular formula is C6H8N2OS2. The third kappa shape index (κ3) is 2.59. The molecule has 0 spiro atoms. The van der Waals surface area contributed by atoms with Crippen molar-refractivity contribution in [3.8, 4) is 0 Å². The van der Waals surface area contributed by atoms with E-state index in [0.29, 0.717) is 0 Å². The summed E-state index contributed by atoms with van der Waals surface area (Å²) < 4.78 is 4.69. The Bertz CT molecular complexity index is 235. The first-order chi connectivity index (χ1) is 5.20. The Morgan fingerprint density at radius 1 is 1.82 bits per heavy atom. The van der Waals surface area contributed by atoms with Crippen LogP contribution in [-0.4, -0.2) is 20.4 Å². The third-order valence-corrected chi connectivity index (χ3v) is 3.16. The van der Waals surface area contributed by atoms with Crippen LogP contribution in [0.5, 0.6) is 0 Å². The molecule has 1 unspecified atom stereocenters. The maximum Gasteiger partial charge on any atom is 0.170 e. The number of rotatable bonds is 3. The zero-order chi connectivity index (χ0) is 8.27. The van der Waals surface area contributed by atoms with Crippen molar-refractivity contribution in [3.63, 3.8) is 0 Å². The van der Waals surface area contributed by atoms with Crippen LogP contribution in [0.25, 0.3) is 0 Å². The van der Waals surface area contributed by atoms with E-state index in [0.717, 1.165) is 4.34 Å². The quantitative estimate of drug-likeness (QED) is 0.676. The molecule has 1 aromatic heterocycles. The van der Waals surface area contributed by atoms with E-state index in [-0.39, 0.29) is 11.0 Å². The lowest BCUT2D eigenvalue weighted by Crippen LogP contribution is -2.07. The van der Waals surface area contributed by atoms with E-state index in [1.54, 1.807) is 6.92 Å². The fourth-order valence-corrected chi connectivity index (χ4v) is 2.04. The van der Waals surface area contributed by atoms with Gasteiger partial charge in [0.05, 0.1) is 5.25 Å². The maximum atomic E-state index is 10.8. The lowest BCUT2D eigenvalue weighted by molar-refractivity contribution is -0.116. The van der Waals surface area contributed by atoms with E-state index in [2.05, 4.69) is 9.36 Å². The zero-order valence-corrected chi connectivity index (χ0v) is 7.91. The molecule has 0 aromatic carbocycles. The van der Waals surface area contributed by atoms with Crippen LogP contribution in [0, 0.1) is 0 Å². The van der Waals surface area contributed by atoms with Gasteiger partial charge in [0, 0.05) is 0 Å². The average Bonchev–Trinajstić information content (AvgIpc) is 2.39. The molecule has 0 saturated heterocycles. The lowest BCUT2D eigenvalue weighted by atomic mass is 10.3. The molecule has 0 bridgehead atoms. The molecule has 11 heavy (non-hydrogen) atoms. The summed E-state index contributed by atoms with van der Waals surface area (Å²) in [5, 5.41) is -0.0112. The maximum absolute atomic E-state index is 10.8. The molecule has 1 rings (SSSR count). The highest BCUT2D eigenvalue weighted by atomic mass is 32.2. The molecule has 60 valence electrons. The van der Waals surface area contributed by atoms with Gasteiger partial charge in [-0.05, 0) is 25.4 Å². The van der Waals surface area contributed by atoms with Gasteiger partial charge in [-0.3, -0.25) is 4.79 Å². The van der Waals surface area contributed by atoms with E-state index < -0.39 is 0 Å². The second-order valence-corrected chi connectivity index (χ2v) is 4.45. The first-order valence-corrected chi connectivity index (χ1v) is 4.79. The molecule has 0 fully saturated rings. The van der Waals surface area contributed by atoms with Crippen molar-refractivity contribution in [2.45, 2.75) is 23.4 Å². The lowest BCUT2D eigenvalue weighted by Gasteiger charge is -2.01. The Kier molecular flexibility index (Phi) is 3.02. The molecule has 0 amide bonds. The second kappa shape index (κ2) is 3.82. The van der Waals surface area contributed by atoms with Crippen LogP contribution in [-0.2, 0) is 4.79 Å². The Hall–Kier alpha value is -0.420. The van der Waals surface area contributed by atoms with Gasteiger partial charge in [0.15, 0.2) is 4.34 Å². The second-order valence-electron chi connectivity index (χ2n) is 2.08. The number of nitrogens with zero attached hydrogens (tertiary/aromatic N) is 2. The molecule has 0 aliphatic carbocycles. The Morgan fingerprint density at radius 3 is 3.00 bits per heavy atom. The molecule has 0 radical (unpaired) electrons. The minimum Gasteiger partial charge on any atom is -0.299 e. The summed E-state index contributed by atoms with van der Waals surface area (Å²) in [4.78, 5) is 14.8. The van der Waals surface area contributed by atoms with E-state index in [4.69, 9.17) is 0 Å². The van der Waals surface area contributed by atoms with Crippen LogP contribution < -0.4 is 0 Å². The van der Waals surface area contributed by atoms with Gasteiger partial charge < -0.3 is 0 Å². The molecule has 5 heteroatoms. The van der Waals surface area contributed by atoms with Gasteiger partial charge in [-0.2, -0.15) is 4.37 Å². The monoisotopic (exact) mass is 188 g/mol. The van der Waals surface area contributed by atoms with E-state index in [1.807, 2.05) is 6.92 Å². The van der Waals surface area contributed by atoms with Crippen molar-refractivity contribution >= 4 is 29.1 Å². The SMILES string of the molecule is CC(=O)C(C)Sc1ncns1. The van der Waals surface area contributed by atoms with Crippen molar-refractivity contribution in [1.29, 1.82) is 0 Å². The minimum atomic E-state index is -0.0112. The highest BCUT2D eigenvalue weighted by Crippen LogP contribution is 2.23. The summed E-state index contributed by atoms with van der Waals surface area (Å²) in [5.41, 5.74) is 0. The Balaban J connectivity index is 2.50. The predicted octanol–water partition coefficient (Wildman–Crippen LogP) is 1.61. The largest absolute Gasteiger partial charge is 0.299 e. The molecule has 0 saturated carbocycles. The first-order valence-electron chi connectivity index (χ1n) is 3.14. The molecule has 0 aliphatic heterocycles. The average molecular weight is 188 g/mol. The number of ketones is 1. The summed E-state index contributed by atoms with van der Waals surface area (Å²) in [5.74, 6) is 0.171. The number of hydrogen-bond acceptors (Lipinski definition) is 5. The van der Waals surface area contributed by atoms with Gasteiger partial charge in [-0.1, -0.05) is 11.8 Å². The van der Waals surface area contributed by atoms with Gasteiger partial charge in [-0.15, -0.1) is 0 Å². The molecule has 0 N–H and O–H groups in total.